The van der Waals surface area contributed by atoms with E-state index in [0.29, 0.717) is 19.1 Å². The van der Waals surface area contributed by atoms with Crippen LogP contribution in [0, 0.1) is 6.92 Å². The number of sulfonamides is 1. The predicted octanol–water partition coefficient (Wildman–Crippen LogP) is 5.78. The zero-order valence-corrected chi connectivity index (χ0v) is 23.8. The first-order valence-electron chi connectivity index (χ1n) is 12.7. The minimum atomic E-state index is -3.83. The first-order valence-corrected chi connectivity index (χ1v) is 15.1. The molecule has 0 bridgehead atoms. The molecule has 0 aliphatic carbocycles. The van der Waals surface area contributed by atoms with Crippen molar-refractivity contribution in [2.75, 3.05) is 19.7 Å². The SMILES string of the molecule is Cc1ccc(S(=O)(=O)N(CC(=O)N2CCc3sccc3[C@@H]2COc2ccc(C(C)C)cc2)C(C)C)cc1. The lowest BCUT2D eigenvalue weighted by Crippen LogP contribution is -2.49. The number of ether oxygens (including phenoxy) is 1. The average molecular weight is 541 g/mol. The molecule has 0 N–H and O–H groups in total. The van der Waals surface area contributed by atoms with Crippen LogP contribution < -0.4 is 4.74 Å². The van der Waals surface area contributed by atoms with Crippen LogP contribution in [0.15, 0.2) is 64.9 Å². The summed E-state index contributed by atoms with van der Waals surface area (Å²) in [5.74, 6) is 0.976. The highest BCUT2D eigenvalue weighted by Crippen LogP contribution is 2.34. The summed E-state index contributed by atoms with van der Waals surface area (Å²) in [4.78, 5) is 16.9. The summed E-state index contributed by atoms with van der Waals surface area (Å²) in [7, 11) is -3.83. The summed E-state index contributed by atoms with van der Waals surface area (Å²) in [5.41, 5.74) is 3.30. The van der Waals surface area contributed by atoms with Gasteiger partial charge in [-0.05, 0) is 79.9 Å². The molecule has 1 aliphatic rings. The summed E-state index contributed by atoms with van der Waals surface area (Å²) in [5, 5.41) is 2.05. The number of fused-ring (bicyclic) bond motifs is 1. The molecule has 0 fully saturated rings. The fraction of sp³-hybridized carbons (Fsp3) is 0.414. The van der Waals surface area contributed by atoms with Crippen molar-refractivity contribution in [1.82, 2.24) is 9.21 Å². The topological polar surface area (TPSA) is 66.9 Å². The second-order valence-corrected chi connectivity index (χ2v) is 13.0. The molecule has 0 unspecified atom stereocenters. The molecule has 6 nitrogen and oxygen atoms in total. The van der Waals surface area contributed by atoms with Crippen molar-refractivity contribution in [1.29, 1.82) is 0 Å². The van der Waals surface area contributed by atoms with Crippen molar-refractivity contribution in [3.63, 3.8) is 0 Å². The quantitative estimate of drug-likeness (QED) is 0.345. The van der Waals surface area contributed by atoms with Gasteiger partial charge < -0.3 is 9.64 Å². The summed E-state index contributed by atoms with van der Waals surface area (Å²) in [6.07, 6.45) is 0.755. The van der Waals surface area contributed by atoms with E-state index in [2.05, 4.69) is 32.0 Å². The fourth-order valence-corrected chi connectivity index (χ4v) is 7.13. The molecule has 2 heterocycles. The van der Waals surface area contributed by atoms with Crippen LogP contribution in [0.1, 0.15) is 61.2 Å². The van der Waals surface area contributed by atoms with Crippen LogP contribution >= 0.6 is 11.3 Å². The standard InChI is InChI=1S/C29H36N2O4S2/c1-20(2)23-8-10-24(11-9-23)35-19-27-26-15-17-36-28(26)14-16-30(27)29(32)18-31(21(3)4)37(33,34)25-12-6-22(5)7-13-25/h6-13,15,17,20-21,27H,14,16,18-19H2,1-5H3/t27-/m0/s1. The fourth-order valence-electron chi connectivity index (χ4n) is 4.61. The molecule has 0 radical (unpaired) electrons. The largest absolute Gasteiger partial charge is 0.491 e. The van der Waals surface area contributed by atoms with Gasteiger partial charge in [-0.3, -0.25) is 4.79 Å². The lowest BCUT2D eigenvalue weighted by molar-refractivity contribution is -0.135. The van der Waals surface area contributed by atoms with E-state index in [1.807, 2.05) is 24.4 Å². The van der Waals surface area contributed by atoms with Crippen molar-refractivity contribution in [2.45, 2.75) is 63.9 Å². The van der Waals surface area contributed by atoms with Crippen molar-refractivity contribution >= 4 is 27.3 Å². The van der Waals surface area contributed by atoms with E-state index in [0.717, 1.165) is 23.3 Å². The van der Waals surface area contributed by atoms with Crippen LogP contribution in [-0.4, -0.2) is 49.3 Å². The molecule has 2 aromatic carbocycles. The normalized spacial score (nSPS) is 15.9. The van der Waals surface area contributed by atoms with E-state index >= 15 is 0 Å². The van der Waals surface area contributed by atoms with Crippen LogP contribution in [0.3, 0.4) is 0 Å². The van der Waals surface area contributed by atoms with E-state index in [1.165, 1.54) is 14.7 Å². The second kappa shape index (κ2) is 11.4. The van der Waals surface area contributed by atoms with Gasteiger partial charge in [0.15, 0.2) is 0 Å². The number of amides is 1. The van der Waals surface area contributed by atoms with E-state index < -0.39 is 10.0 Å². The Balaban J connectivity index is 1.55. The van der Waals surface area contributed by atoms with Gasteiger partial charge in [-0.25, -0.2) is 8.42 Å². The minimum Gasteiger partial charge on any atom is -0.491 e. The van der Waals surface area contributed by atoms with Gasteiger partial charge in [0.25, 0.3) is 0 Å². The van der Waals surface area contributed by atoms with Gasteiger partial charge in [0.1, 0.15) is 12.4 Å². The van der Waals surface area contributed by atoms with Crippen LogP contribution in [0.5, 0.6) is 5.75 Å². The predicted molar refractivity (Wildman–Crippen MR) is 149 cm³/mol. The Hall–Kier alpha value is -2.68. The van der Waals surface area contributed by atoms with Gasteiger partial charge in [-0.2, -0.15) is 4.31 Å². The van der Waals surface area contributed by atoms with Gasteiger partial charge in [0.2, 0.25) is 15.9 Å². The molecule has 1 atom stereocenters. The molecule has 37 heavy (non-hydrogen) atoms. The van der Waals surface area contributed by atoms with Crippen LogP contribution in [0.4, 0.5) is 0 Å². The number of rotatable bonds is 9. The van der Waals surface area contributed by atoms with Gasteiger partial charge in [0.05, 0.1) is 17.5 Å². The molecule has 1 amide bonds. The van der Waals surface area contributed by atoms with Gasteiger partial charge in [-0.1, -0.05) is 43.7 Å². The Bertz CT molecular complexity index is 1310. The van der Waals surface area contributed by atoms with Gasteiger partial charge >= 0.3 is 0 Å². The van der Waals surface area contributed by atoms with Crippen LogP contribution in [-0.2, 0) is 21.2 Å². The molecule has 198 valence electrons. The van der Waals surface area contributed by atoms with Crippen molar-refractivity contribution in [3.8, 4) is 5.75 Å². The smallest absolute Gasteiger partial charge is 0.243 e. The lowest BCUT2D eigenvalue weighted by atomic mass is 10.0. The number of hydrogen-bond donors (Lipinski definition) is 0. The maximum Gasteiger partial charge on any atom is 0.243 e. The third kappa shape index (κ3) is 6.08. The van der Waals surface area contributed by atoms with E-state index in [9.17, 15) is 13.2 Å². The number of thiophene rings is 1. The number of carbonyl (C=O) groups excluding carboxylic acids is 1. The number of carbonyl (C=O) groups is 1. The maximum absolute atomic E-state index is 13.7. The number of hydrogen-bond acceptors (Lipinski definition) is 5. The summed E-state index contributed by atoms with van der Waals surface area (Å²) in [6.45, 7) is 10.4. The molecular formula is C29H36N2O4S2. The minimum absolute atomic E-state index is 0.197. The van der Waals surface area contributed by atoms with E-state index in [-0.39, 0.29) is 29.4 Å². The van der Waals surface area contributed by atoms with Gasteiger partial charge in [0, 0.05) is 17.5 Å². The summed E-state index contributed by atoms with van der Waals surface area (Å²) < 4.78 is 34.4. The number of aryl methyl sites for hydroxylation is 1. The molecule has 8 heteroatoms. The highest BCUT2D eigenvalue weighted by atomic mass is 32.2. The Kier molecular flexibility index (Phi) is 8.41. The molecule has 1 aromatic heterocycles. The van der Waals surface area contributed by atoms with Crippen LogP contribution in [0.25, 0.3) is 0 Å². The first kappa shape index (κ1) is 27.4. The molecule has 0 saturated carbocycles. The Morgan fingerprint density at radius 2 is 1.73 bits per heavy atom. The Morgan fingerprint density at radius 3 is 2.35 bits per heavy atom. The number of benzene rings is 2. The lowest BCUT2D eigenvalue weighted by Gasteiger charge is -2.37. The highest BCUT2D eigenvalue weighted by Gasteiger charge is 2.36. The van der Waals surface area contributed by atoms with E-state index in [4.69, 9.17) is 4.74 Å². The van der Waals surface area contributed by atoms with Crippen LogP contribution in [0.2, 0.25) is 0 Å². The van der Waals surface area contributed by atoms with Crippen molar-refractivity contribution < 1.29 is 17.9 Å². The average Bonchev–Trinajstić information content (AvgIpc) is 3.35. The molecular weight excluding hydrogens is 504 g/mol. The summed E-state index contributed by atoms with van der Waals surface area (Å²) >= 11 is 1.69. The number of nitrogens with zero attached hydrogens (tertiary/aromatic N) is 2. The van der Waals surface area contributed by atoms with Crippen molar-refractivity contribution in [3.05, 3.63) is 81.5 Å². The third-order valence-corrected chi connectivity index (χ3v) is 9.90. The second-order valence-electron chi connectivity index (χ2n) is 10.1. The zero-order chi connectivity index (χ0) is 26.7. The zero-order valence-electron chi connectivity index (χ0n) is 22.2. The molecule has 1 aliphatic heterocycles. The first-order chi connectivity index (χ1) is 17.6. The highest BCUT2D eigenvalue weighted by molar-refractivity contribution is 7.89. The third-order valence-electron chi connectivity index (χ3n) is 6.86. The Labute approximate surface area is 224 Å². The molecule has 0 saturated heterocycles. The molecule has 4 rings (SSSR count). The van der Waals surface area contributed by atoms with Crippen molar-refractivity contribution in [2.24, 2.45) is 0 Å². The molecule has 0 spiro atoms. The maximum atomic E-state index is 13.7. The Morgan fingerprint density at radius 1 is 1.05 bits per heavy atom. The monoisotopic (exact) mass is 540 g/mol. The summed E-state index contributed by atoms with van der Waals surface area (Å²) in [6, 6.07) is 16.2. The van der Waals surface area contributed by atoms with E-state index in [1.54, 1.807) is 54.3 Å². The van der Waals surface area contributed by atoms with Gasteiger partial charge in [-0.15, -0.1) is 11.3 Å². The molecule has 3 aromatic rings.